The molecule has 0 aliphatic carbocycles. The van der Waals surface area contributed by atoms with Gasteiger partial charge < -0.3 is 15.5 Å². The minimum absolute atomic E-state index is 0.224. The number of carbonyl (C=O) groups is 1. The van der Waals surface area contributed by atoms with E-state index in [4.69, 9.17) is 0 Å². The second-order valence-electron chi connectivity index (χ2n) is 7.40. The normalized spacial score (nSPS) is 25.5. The van der Waals surface area contributed by atoms with Crippen molar-refractivity contribution in [1.29, 1.82) is 0 Å². The molecule has 0 radical (unpaired) electrons. The zero-order valence-corrected chi connectivity index (χ0v) is 15.1. The van der Waals surface area contributed by atoms with Crippen LogP contribution in [0.5, 0.6) is 0 Å². The number of nitrogens with one attached hydrogen (secondary N) is 2. The lowest BCUT2D eigenvalue weighted by atomic mass is 9.89. The highest BCUT2D eigenvalue weighted by Crippen LogP contribution is 2.32. The van der Waals surface area contributed by atoms with E-state index in [1.807, 2.05) is 0 Å². The lowest BCUT2D eigenvalue weighted by Gasteiger charge is -2.29. The predicted octanol–water partition coefficient (Wildman–Crippen LogP) is 2.86. The minimum Gasteiger partial charge on any atom is -0.370 e. The summed E-state index contributed by atoms with van der Waals surface area (Å²) in [6.07, 6.45) is 5.64. The van der Waals surface area contributed by atoms with Crippen LogP contribution in [0.15, 0.2) is 24.3 Å². The maximum atomic E-state index is 12.3. The summed E-state index contributed by atoms with van der Waals surface area (Å²) < 4.78 is 0. The second kappa shape index (κ2) is 8.02. The smallest absolute Gasteiger partial charge is 0.220 e. The Balaban J connectivity index is 1.42. The summed E-state index contributed by atoms with van der Waals surface area (Å²) in [4.78, 5) is 14.6. The average molecular weight is 329 g/mol. The number of piperidine rings is 1. The highest BCUT2D eigenvalue weighted by Gasteiger charge is 2.34. The van der Waals surface area contributed by atoms with Crippen LogP contribution in [0.25, 0.3) is 0 Å². The first-order valence-electron chi connectivity index (χ1n) is 9.49. The Kier molecular flexibility index (Phi) is 5.77. The molecule has 4 nitrogen and oxygen atoms in total. The van der Waals surface area contributed by atoms with Crippen molar-refractivity contribution >= 4 is 11.6 Å². The first-order valence-corrected chi connectivity index (χ1v) is 9.49. The molecular formula is C20H31N3O. The van der Waals surface area contributed by atoms with Gasteiger partial charge in [-0.05, 0) is 57.1 Å². The largest absolute Gasteiger partial charge is 0.370 e. The highest BCUT2D eigenvalue weighted by atomic mass is 16.1. The Bertz CT molecular complexity index is 548. The summed E-state index contributed by atoms with van der Waals surface area (Å²) in [5.41, 5.74) is 2.56. The third-order valence-corrected chi connectivity index (χ3v) is 5.59. The molecule has 2 saturated heterocycles. The number of hydrogen-bond acceptors (Lipinski definition) is 3. The standard InChI is InChI=1S/C20H31N3O/c1-3-23(19-7-5-4-6-15(19)2)11-10-21-20(24)14-16-12-17-8-9-18(13-16)22-17/h4-7,16-18,22H,3,8-14H2,1-2H3,(H,21,24). The van der Waals surface area contributed by atoms with E-state index >= 15 is 0 Å². The fraction of sp³-hybridized carbons (Fsp3) is 0.650. The predicted molar refractivity (Wildman–Crippen MR) is 99.4 cm³/mol. The molecule has 2 N–H and O–H groups in total. The number of carbonyl (C=O) groups excluding carboxylic acids is 1. The molecule has 3 rings (SSSR count). The quantitative estimate of drug-likeness (QED) is 0.808. The monoisotopic (exact) mass is 329 g/mol. The summed E-state index contributed by atoms with van der Waals surface area (Å²) >= 11 is 0. The number of fused-ring (bicyclic) bond motifs is 2. The number of hydrogen-bond donors (Lipinski definition) is 2. The van der Waals surface area contributed by atoms with Crippen LogP contribution < -0.4 is 15.5 Å². The number of nitrogens with zero attached hydrogens (tertiary/aromatic N) is 1. The Hall–Kier alpha value is -1.55. The van der Waals surface area contributed by atoms with E-state index in [0.717, 1.165) is 19.6 Å². The Morgan fingerprint density at radius 3 is 2.62 bits per heavy atom. The zero-order chi connectivity index (χ0) is 16.9. The molecule has 0 spiro atoms. The zero-order valence-electron chi connectivity index (χ0n) is 15.1. The van der Waals surface area contributed by atoms with E-state index in [1.165, 1.54) is 36.9 Å². The van der Waals surface area contributed by atoms with Gasteiger partial charge in [-0.3, -0.25) is 4.79 Å². The third-order valence-electron chi connectivity index (χ3n) is 5.59. The molecule has 2 unspecified atom stereocenters. The van der Waals surface area contributed by atoms with Crippen molar-refractivity contribution in [2.75, 3.05) is 24.5 Å². The van der Waals surface area contributed by atoms with Gasteiger partial charge in [0.25, 0.3) is 0 Å². The van der Waals surface area contributed by atoms with Gasteiger partial charge in [0, 0.05) is 43.8 Å². The van der Waals surface area contributed by atoms with Gasteiger partial charge in [-0.2, -0.15) is 0 Å². The SMILES string of the molecule is CCN(CCNC(=O)CC1CC2CCC(C1)N2)c1ccccc1C. The van der Waals surface area contributed by atoms with Gasteiger partial charge in [-0.1, -0.05) is 18.2 Å². The molecule has 2 heterocycles. The molecule has 2 bridgehead atoms. The van der Waals surface area contributed by atoms with Crippen molar-refractivity contribution in [2.24, 2.45) is 5.92 Å². The Morgan fingerprint density at radius 2 is 1.96 bits per heavy atom. The minimum atomic E-state index is 0.224. The highest BCUT2D eigenvalue weighted by molar-refractivity contribution is 5.76. The molecule has 2 aliphatic rings. The summed E-state index contributed by atoms with van der Waals surface area (Å²) in [6.45, 7) is 6.85. The number of anilines is 1. The van der Waals surface area contributed by atoms with E-state index in [2.05, 4.69) is 53.6 Å². The lowest BCUT2D eigenvalue weighted by Crippen LogP contribution is -2.40. The van der Waals surface area contributed by atoms with Crippen molar-refractivity contribution in [3.05, 3.63) is 29.8 Å². The van der Waals surface area contributed by atoms with Crippen LogP contribution in [0.4, 0.5) is 5.69 Å². The van der Waals surface area contributed by atoms with E-state index < -0.39 is 0 Å². The number of amides is 1. The van der Waals surface area contributed by atoms with Crippen LogP contribution in [-0.2, 0) is 4.79 Å². The van der Waals surface area contributed by atoms with E-state index in [0.29, 0.717) is 24.4 Å². The molecule has 2 aliphatic heterocycles. The van der Waals surface area contributed by atoms with Gasteiger partial charge in [0.2, 0.25) is 5.91 Å². The molecule has 2 fully saturated rings. The Labute approximate surface area is 146 Å². The fourth-order valence-corrected chi connectivity index (χ4v) is 4.37. The van der Waals surface area contributed by atoms with Gasteiger partial charge in [0.1, 0.15) is 0 Å². The molecule has 24 heavy (non-hydrogen) atoms. The third kappa shape index (κ3) is 4.29. The van der Waals surface area contributed by atoms with Crippen LogP contribution in [0.3, 0.4) is 0 Å². The maximum absolute atomic E-state index is 12.3. The summed E-state index contributed by atoms with van der Waals surface area (Å²) in [5, 5.41) is 6.78. The molecular weight excluding hydrogens is 298 g/mol. The number of benzene rings is 1. The van der Waals surface area contributed by atoms with Crippen LogP contribution in [-0.4, -0.2) is 37.6 Å². The topological polar surface area (TPSA) is 44.4 Å². The summed E-state index contributed by atoms with van der Waals surface area (Å²) in [5.74, 6) is 0.796. The van der Waals surface area contributed by atoms with Crippen molar-refractivity contribution in [2.45, 2.75) is 58.0 Å². The van der Waals surface area contributed by atoms with Gasteiger partial charge >= 0.3 is 0 Å². The molecule has 132 valence electrons. The molecule has 0 saturated carbocycles. The van der Waals surface area contributed by atoms with Crippen molar-refractivity contribution in [3.8, 4) is 0 Å². The lowest BCUT2D eigenvalue weighted by molar-refractivity contribution is -0.122. The van der Waals surface area contributed by atoms with Crippen LogP contribution >= 0.6 is 0 Å². The van der Waals surface area contributed by atoms with E-state index in [-0.39, 0.29) is 5.91 Å². The van der Waals surface area contributed by atoms with E-state index in [9.17, 15) is 4.79 Å². The molecule has 1 aromatic rings. The summed E-state index contributed by atoms with van der Waals surface area (Å²) in [7, 11) is 0. The molecule has 2 atom stereocenters. The van der Waals surface area contributed by atoms with Crippen molar-refractivity contribution < 1.29 is 4.79 Å². The maximum Gasteiger partial charge on any atom is 0.220 e. The Morgan fingerprint density at radius 1 is 1.25 bits per heavy atom. The van der Waals surface area contributed by atoms with Gasteiger partial charge in [0.05, 0.1) is 0 Å². The molecule has 1 amide bonds. The number of rotatable bonds is 7. The average Bonchev–Trinajstić information content (AvgIpc) is 2.91. The number of likely N-dealkylation sites (N-methyl/N-ethyl adjacent to an activating group) is 1. The van der Waals surface area contributed by atoms with Gasteiger partial charge in [-0.25, -0.2) is 0 Å². The molecule has 4 heteroatoms. The number of para-hydroxylation sites is 1. The van der Waals surface area contributed by atoms with Gasteiger partial charge in [0.15, 0.2) is 0 Å². The van der Waals surface area contributed by atoms with Crippen molar-refractivity contribution in [1.82, 2.24) is 10.6 Å². The van der Waals surface area contributed by atoms with Crippen LogP contribution in [0, 0.1) is 12.8 Å². The summed E-state index contributed by atoms with van der Waals surface area (Å²) in [6, 6.07) is 9.78. The first-order chi connectivity index (χ1) is 11.7. The fourth-order valence-electron chi connectivity index (χ4n) is 4.37. The first kappa shape index (κ1) is 17.3. The molecule has 0 aromatic heterocycles. The van der Waals surface area contributed by atoms with Gasteiger partial charge in [-0.15, -0.1) is 0 Å². The van der Waals surface area contributed by atoms with E-state index in [1.54, 1.807) is 0 Å². The second-order valence-corrected chi connectivity index (χ2v) is 7.40. The van der Waals surface area contributed by atoms with Crippen LogP contribution in [0.2, 0.25) is 0 Å². The van der Waals surface area contributed by atoms with Crippen LogP contribution in [0.1, 0.15) is 44.6 Å². The number of aryl methyl sites for hydroxylation is 1. The van der Waals surface area contributed by atoms with Crippen molar-refractivity contribution in [3.63, 3.8) is 0 Å². The molecule has 1 aromatic carbocycles.